The van der Waals surface area contributed by atoms with Gasteiger partial charge in [0, 0.05) is 61.8 Å². The summed E-state index contributed by atoms with van der Waals surface area (Å²) in [5, 5.41) is 8.49. The van der Waals surface area contributed by atoms with Crippen molar-refractivity contribution in [1.82, 2.24) is 19.8 Å². The third kappa shape index (κ3) is 9.48. The van der Waals surface area contributed by atoms with Crippen molar-refractivity contribution in [1.29, 1.82) is 5.26 Å². The Balaban J connectivity index is 0.000000351. The average Bonchev–Trinajstić information content (AvgIpc) is 2.81. The molecule has 0 spiro atoms. The minimum absolute atomic E-state index is 0.0196. The Morgan fingerprint density at radius 2 is 1.20 bits per heavy atom. The molecule has 7 heteroatoms. The number of nitriles is 1. The molecular weight excluding hydrogens is 438 g/mol. The summed E-state index contributed by atoms with van der Waals surface area (Å²) in [6.45, 7) is 15.8. The quantitative estimate of drug-likeness (QED) is 0.566. The van der Waals surface area contributed by atoms with Crippen LogP contribution in [-0.2, 0) is 10.8 Å². The number of aromatic nitrogens is 2. The van der Waals surface area contributed by atoms with Crippen molar-refractivity contribution in [3.63, 3.8) is 0 Å². The molecule has 0 radical (unpaired) electrons. The first-order valence-electron chi connectivity index (χ1n) is 12.0. The van der Waals surface area contributed by atoms with Gasteiger partial charge in [-0.15, -0.1) is 0 Å². The fraction of sp³-hybridized carbons (Fsp3) is 0.536. The molecule has 0 saturated carbocycles. The van der Waals surface area contributed by atoms with Crippen molar-refractivity contribution in [2.75, 3.05) is 27.2 Å². The van der Waals surface area contributed by atoms with Crippen LogP contribution in [0, 0.1) is 11.3 Å². The highest BCUT2D eigenvalue weighted by Gasteiger charge is 2.18. The van der Waals surface area contributed by atoms with Crippen LogP contribution in [-0.4, -0.2) is 58.8 Å². The molecule has 190 valence electrons. The molecule has 2 aromatic heterocycles. The van der Waals surface area contributed by atoms with E-state index in [9.17, 15) is 9.59 Å². The lowest BCUT2D eigenvalue weighted by molar-refractivity contribution is 0.0788. The summed E-state index contributed by atoms with van der Waals surface area (Å²) < 4.78 is 0. The van der Waals surface area contributed by atoms with Crippen LogP contribution in [0.25, 0.3) is 0 Å². The zero-order valence-electron chi connectivity index (χ0n) is 22.8. The highest BCUT2D eigenvalue weighted by molar-refractivity contribution is 5.94. The number of amides is 2. The van der Waals surface area contributed by atoms with Crippen molar-refractivity contribution in [2.45, 2.75) is 72.1 Å². The predicted molar refractivity (Wildman–Crippen MR) is 140 cm³/mol. The van der Waals surface area contributed by atoms with Crippen LogP contribution in [0.5, 0.6) is 0 Å². The minimum Gasteiger partial charge on any atom is -0.342 e. The fourth-order valence-electron chi connectivity index (χ4n) is 3.13. The number of carbonyl (C=O) groups excluding carboxylic acids is 2. The maximum atomic E-state index is 12.0. The molecule has 0 aliphatic heterocycles. The highest BCUT2D eigenvalue weighted by atomic mass is 16.2. The van der Waals surface area contributed by atoms with Gasteiger partial charge >= 0.3 is 0 Å². The maximum absolute atomic E-state index is 12.0. The third-order valence-electron chi connectivity index (χ3n) is 5.37. The Morgan fingerprint density at radius 3 is 1.49 bits per heavy atom. The Hall–Kier alpha value is -3.27. The van der Waals surface area contributed by atoms with Crippen LogP contribution >= 0.6 is 0 Å². The first kappa shape index (κ1) is 29.8. The van der Waals surface area contributed by atoms with E-state index < -0.39 is 0 Å². The normalized spacial score (nSPS) is 11.1. The van der Waals surface area contributed by atoms with Crippen molar-refractivity contribution in [2.24, 2.45) is 0 Å². The molecule has 2 aromatic rings. The van der Waals surface area contributed by atoms with Gasteiger partial charge in [-0.05, 0) is 30.7 Å². The summed E-state index contributed by atoms with van der Waals surface area (Å²) in [6, 6.07) is 9.50. The van der Waals surface area contributed by atoms with E-state index in [0.717, 1.165) is 24.4 Å². The number of nitrogens with zero attached hydrogens (tertiary/aromatic N) is 5. The lowest BCUT2D eigenvalue weighted by Gasteiger charge is -2.19. The average molecular weight is 480 g/mol. The van der Waals surface area contributed by atoms with Gasteiger partial charge in [0.1, 0.15) is 0 Å². The molecule has 0 fully saturated rings. The SMILES string of the molecule is CCCN(C)C(=O)c1ccc(C(C)(C)C)nc1.CN(CCC#N)C(=O)c1ccc(C(C)(C)C)nc1. The Bertz CT molecular complexity index is 994. The van der Waals surface area contributed by atoms with E-state index in [2.05, 4.69) is 58.4 Å². The summed E-state index contributed by atoms with van der Waals surface area (Å²) in [4.78, 5) is 35.9. The zero-order valence-corrected chi connectivity index (χ0v) is 22.8. The van der Waals surface area contributed by atoms with Gasteiger partial charge in [0.05, 0.1) is 23.6 Å². The summed E-state index contributed by atoms with van der Waals surface area (Å²) in [6.07, 6.45) is 4.59. The second-order valence-electron chi connectivity index (χ2n) is 10.7. The monoisotopic (exact) mass is 479 g/mol. The lowest BCUT2D eigenvalue weighted by Crippen LogP contribution is -2.27. The van der Waals surface area contributed by atoms with E-state index >= 15 is 0 Å². The summed E-state index contributed by atoms with van der Waals surface area (Å²) in [5.41, 5.74) is 3.19. The van der Waals surface area contributed by atoms with Gasteiger partial charge in [-0.2, -0.15) is 5.26 Å². The van der Waals surface area contributed by atoms with Gasteiger partial charge in [0.2, 0.25) is 0 Å². The molecule has 0 aliphatic rings. The fourth-order valence-corrected chi connectivity index (χ4v) is 3.13. The third-order valence-corrected chi connectivity index (χ3v) is 5.37. The van der Waals surface area contributed by atoms with Gasteiger partial charge in [-0.25, -0.2) is 0 Å². The van der Waals surface area contributed by atoms with Gasteiger partial charge in [-0.3, -0.25) is 19.6 Å². The molecule has 35 heavy (non-hydrogen) atoms. The Labute approximate surface area is 211 Å². The molecule has 2 heterocycles. The van der Waals surface area contributed by atoms with E-state index in [0.29, 0.717) is 24.1 Å². The van der Waals surface area contributed by atoms with E-state index in [4.69, 9.17) is 5.26 Å². The minimum atomic E-state index is -0.0989. The van der Waals surface area contributed by atoms with E-state index in [-0.39, 0.29) is 22.6 Å². The van der Waals surface area contributed by atoms with Crippen molar-refractivity contribution in [3.05, 3.63) is 59.2 Å². The molecule has 0 unspecified atom stereocenters. The first-order chi connectivity index (χ1) is 16.2. The van der Waals surface area contributed by atoms with Crippen LogP contribution < -0.4 is 0 Å². The molecule has 0 atom stereocenters. The molecule has 0 aromatic carbocycles. The number of carbonyl (C=O) groups is 2. The van der Waals surface area contributed by atoms with E-state index in [1.807, 2.05) is 31.3 Å². The first-order valence-corrected chi connectivity index (χ1v) is 12.0. The maximum Gasteiger partial charge on any atom is 0.255 e. The van der Waals surface area contributed by atoms with Gasteiger partial charge in [0.15, 0.2) is 0 Å². The standard InChI is InChI=1S/C14H19N3O.C14H22N2O/c1-14(2,3)12-7-6-11(10-16-12)13(18)17(4)9-5-8-15;1-6-9-16(5)13(17)11-7-8-12(15-10-11)14(2,3)4/h6-7,10H,5,9H2,1-4H3;7-8,10H,6,9H2,1-5H3. The van der Waals surface area contributed by atoms with Crippen LogP contribution in [0.1, 0.15) is 93.4 Å². The molecular formula is C28H41N5O2. The Morgan fingerprint density at radius 1 is 0.800 bits per heavy atom. The number of pyridine rings is 2. The van der Waals surface area contributed by atoms with Crippen molar-refractivity contribution < 1.29 is 9.59 Å². The number of hydrogen-bond donors (Lipinski definition) is 0. The molecule has 2 amide bonds. The highest BCUT2D eigenvalue weighted by Crippen LogP contribution is 2.20. The van der Waals surface area contributed by atoms with Crippen LogP contribution in [0.2, 0.25) is 0 Å². The molecule has 7 nitrogen and oxygen atoms in total. The van der Waals surface area contributed by atoms with Crippen molar-refractivity contribution in [3.8, 4) is 6.07 Å². The Kier molecular flexibility index (Phi) is 11.0. The molecule has 2 rings (SSSR count). The summed E-state index contributed by atoms with van der Waals surface area (Å²) in [5.74, 6) is -0.0574. The second-order valence-corrected chi connectivity index (χ2v) is 10.7. The second kappa shape index (κ2) is 13.0. The smallest absolute Gasteiger partial charge is 0.255 e. The van der Waals surface area contributed by atoms with Gasteiger partial charge < -0.3 is 9.80 Å². The van der Waals surface area contributed by atoms with Crippen LogP contribution in [0.15, 0.2) is 36.7 Å². The topological polar surface area (TPSA) is 90.2 Å². The van der Waals surface area contributed by atoms with Crippen molar-refractivity contribution >= 4 is 11.8 Å². The molecule has 0 saturated heterocycles. The predicted octanol–water partition coefficient (Wildman–Crippen LogP) is 5.23. The van der Waals surface area contributed by atoms with Crippen LogP contribution in [0.4, 0.5) is 0 Å². The largest absolute Gasteiger partial charge is 0.342 e. The number of hydrogen-bond acceptors (Lipinski definition) is 5. The molecule has 0 N–H and O–H groups in total. The molecule has 0 bridgehead atoms. The summed E-state index contributed by atoms with van der Waals surface area (Å²) >= 11 is 0. The zero-order chi connectivity index (χ0) is 26.8. The molecule has 0 aliphatic carbocycles. The summed E-state index contributed by atoms with van der Waals surface area (Å²) in [7, 11) is 3.51. The van der Waals surface area contributed by atoms with E-state index in [1.54, 1.807) is 30.4 Å². The van der Waals surface area contributed by atoms with E-state index in [1.165, 1.54) is 4.90 Å². The van der Waals surface area contributed by atoms with Crippen LogP contribution in [0.3, 0.4) is 0 Å². The number of rotatable bonds is 6. The lowest BCUT2D eigenvalue weighted by atomic mass is 9.91. The van der Waals surface area contributed by atoms with Gasteiger partial charge in [-0.1, -0.05) is 48.5 Å². The van der Waals surface area contributed by atoms with Gasteiger partial charge in [0.25, 0.3) is 11.8 Å².